The molecule has 0 atom stereocenters. The molecule has 0 unspecified atom stereocenters. The zero-order valence-corrected chi connectivity index (χ0v) is 20.3. The first-order chi connectivity index (χ1) is 16.8. The lowest BCUT2D eigenvalue weighted by Crippen LogP contribution is -2.34. The largest absolute Gasteiger partial charge is 0.573 e. The number of ether oxygens (including phenoxy) is 2. The molecule has 0 saturated carbocycles. The Morgan fingerprint density at radius 2 is 1.97 bits per heavy atom. The molecular formula is C24H22ClF3N4O4. The maximum absolute atomic E-state index is 13.1. The highest BCUT2D eigenvalue weighted by Crippen LogP contribution is 2.33. The van der Waals surface area contributed by atoms with Crippen molar-refractivity contribution in [2.45, 2.75) is 52.1 Å². The minimum atomic E-state index is -4.90. The molecule has 2 heterocycles. The van der Waals surface area contributed by atoms with E-state index in [2.05, 4.69) is 19.8 Å². The van der Waals surface area contributed by atoms with Gasteiger partial charge >= 0.3 is 12.3 Å². The second-order valence-corrected chi connectivity index (χ2v) is 9.49. The number of hydrogen-bond acceptors (Lipinski definition) is 6. The second-order valence-electron chi connectivity index (χ2n) is 9.09. The highest BCUT2D eigenvalue weighted by Gasteiger charge is 2.32. The number of nitrogens with one attached hydrogen (secondary N) is 1. The summed E-state index contributed by atoms with van der Waals surface area (Å²) in [5, 5.41) is 4.17. The van der Waals surface area contributed by atoms with Crippen molar-refractivity contribution in [3.05, 3.63) is 68.4 Å². The Morgan fingerprint density at radius 1 is 1.22 bits per heavy atom. The Morgan fingerprint density at radius 3 is 2.67 bits per heavy atom. The minimum absolute atomic E-state index is 0.100. The van der Waals surface area contributed by atoms with Crippen molar-refractivity contribution in [1.82, 2.24) is 19.7 Å². The van der Waals surface area contributed by atoms with Crippen LogP contribution in [0.5, 0.6) is 5.75 Å². The molecule has 1 aliphatic rings. The van der Waals surface area contributed by atoms with Crippen LogP contribution in [0.1, 0.15) is 43.4 Å². The molecule has 0 bridgehead atoms. The van der Waals surface area contributed by atoms with Crippen molar-refractivity contribution in [3.63, 3.8) is 0 Å². The third-order valence-corrected chi connectivity index (χ3v) is 5.34. The first-order valence-electron chi connectivity index (χ1n) is 10.9. The first-order valence-corrected chi connectivity index (χ1v) is 11.3. The quantitative estimate of drug-likeness (QED) is 0.486. The Hall–Kier alpha value is -3.60. The van der Waals surface area contributed by atoms with Gasteiger partial charge in [-0.15, -0.1) is 13.2 Å². The fourth-order valence-electron chi connectivity index (χ4n) is 3.74. The van der Waals surface area contributed by atoms with Crippen LogP contribution in [-0.4, -0.2) is 37.7 Å². The third-order valence-electron chi connectivity index (χ3n) is 5.05. The standard InChI is InChI=1S/C24H22ClF3N4O4/c1-23(2,3)36-21(33)12-32-22(34)14-8-6-4-5-7-13(14)16(31-32)11-20-29-17-9-15(25)19(10-18(17)30-20)35-24(26,27)28/h4-7,9-10H,8,11-12H2,1-3H3,(H,29,30). The Kier molecular flexibility index (Phi) is 6.70. The van der Waals surface area contributed by atoms with E-state index < -0.39 is 29.2 Å². The fraction of sp³-hybridized carbons (Fsp3) is 0.333. The van der Waals surface area contributed by atoms with Crippen LogP contribution in [0.3, 0.4) is 0 Å². The summed E-state index contributed by atoms with van der Waals surface area (Å²) in [6, 6.07) is 2.38. The molecule has 0 saturated heterocycles. The summed E-state index contributed by atoms with van der Waals surface area (Å²) in [5.41, 5.74) is 0.948. The van der Waals surface area contributed by atoms with Gasteiger partial charge in [0.05, 0.1) is 28.2 Å². The van der Waals surface area contributed by atoms with E-state index >= 15 is 0 Å². The van der Waals surface area contributed by atoms with E-state index in [-0.39, 0.29) is 23.5 Å². The maximum atomic E-state index is 13.1. The first kappa shape index (κ1) is 25.5. The van der Waals surface area contributed by atoms with E-state index in [9.17, 15) is 22.8 Å². The summed E-state index contributed by atoms with van der Waals surface area (Å²) in [4.78, 5) is 32.8. The van der Waals surface area contributed by atoms with Gasteiger partial charge in [0, 0.05) is 17.2 Å². The summed E-state index contributed by atoms with van der Waals surface area (Å²) in [7, 11) is 0. The lowest BCUT2D eigenvalue weighted by Gasteiger charge is -2.20. The second kappa shape index (κ2) is 9.45. The van der Waals surface area contributed by atoms with Crippen molar-refractivity contribution < 1.29 is 27.4 Å². The summed E-state index contributed by atoms with van der Waals surface area (Å²) in [6.07, 6.45) is 2.66. The zero-order chi connectivity index (χ0) is 26.3. The Labute approximate surface area is 208 Å². The average Bonchev–Trinajstić information content (AvgIpc) is 2.94. The predicted octanol–water partition coefficient (Wildman–Crippen LogP) is 4.73. The van der Waals surface area contributed by atoms with Crippen molar-refractivity contribution in [2.24, 2.45) is 0 Å². The lowest BCUT2D eigenvalue weighted by molar-refractivity contribution is -0.274. The highest BCUT2D eigenvalue weighted by molar-refractivity contribution is 6.32. The number of rotatable bonds is 5. The van der Waals surface area contributed by atoms with Crippen molar-refractivity contribution in [3.8, 4) is 5.75 Å². The summed E-state index contributed by atoms with van der Waals surface area (Å²) in [5.74, 6) is -0.801. The molecule has 12 heteroatoms. The number of carbonyl (C=O) groups is 1. The molecule has 0 aliphatic heterocycles. The number of nitrogens with zero attached hydrogens (tertiary/aromatic N) is 3. The number of aromatic amines is 1. The molecule has 1 N–H and O–H groups in total. The number of H-pyrrole nitrogens is 1. The van der Waals surface area contributed by atoms with E-state index in [1.807, 2.05) is 6.08 Å². The van der Waals surface area contributed by atoms with Gasteiger partial charge in [-0.3, -0.25) is 9.59 Å². The van der Waals surface area contributed by atoms with Crippen LogP contribution in [0.15, 0.2) is 35.2 Å². The van der Waals surface area contributed by atoms with Gasteiger partial charge in [-0.2, -0.15) is 5.10 Å². The number of alkyl halides is 3. The normalized spacial score (nSPS) is 13.5. The van der Waals surface area contributed by atoms with Crippen molar-refractivity contribution >= 4 is 34.7 Å². The van der Waals surface area contributed by atoms with Gasteiger partial charge in [-0.05, 0) is 33.3 Å². The highest BCUT2D eigenvalue weighted by atomic mass is 35.5. The molecule has 1 aromatic carbocycles. The van der Waals surface area contributed by atoms with Gasteiger partial charge in [0.15, 0.2) is 0 Å². The molecule has 0 radical (unpaired) electrons. The number of halogens is 4. The summed E-state index contributed by atoms with van der Waals surface area (Å²) < 4.78 is 48.4. The monoisotopic (exact) mass is 522 g/mol. The average molecular weight is 523 g/mol. The molecule has 0 amide bonds. The number of fused-ring (bicyclic) bond motifs is 2. The summed E-state index contributed by atoms with van der Waals surface area (Å²) in [6.45, 7) is 4.78. The fourth-order valence-corrected chi connectivity index (χ4v) is 3.94. The predicted molar refractivity (Wildman–Crippen MR) is 127 cm³/mol. The van der Waals surface area contributed by atoms with E-state index in [0.717, 1.165) is 10.7 Å². The van der Waals surface area contributed by atoms with Crippen molar-refractivity contribution in [2.75, 3.05) is 0 Å². The van der Waals surface area contributed by atoms with Crippen molar-refractivity contribution in [1.29, 1.82) is 0 Å². The van der Waals surface area contributed by atoms with E-state index in [4.69, 9.17) is 16.3 Å². The number of hydrogen-bond donors (Lipinski definition) is 1. The molecule has 2 aromatic heterocycles. The molecular weight excluding hydrogens is 501 g/mol. The SMILES string of the molecule is CC(C)(C)OC(=O)Cn1nc(Cc2nc3cc(Cl)c(OC(F)(F)F)cc3[nH]2)c2c(c1=O)CC=CC=C2. The topological polar surface area (TPSA) is 99.1 Å². The van der Waals surface area contributed by atoms with Crippen LogP contribution in [0.4, 0.5) is 13.2 Å². The third kappa shape index (κ3) is 5.96. The minimum Gasteiger partial charge on any atom is -0.459 e. The lowest BCUT2D eigenvalue weighted by atomic mass is 10.0. The molecule has 1 aliphatic carbocycles. The van der Waals surface area contributed by atoms with Crippen LogP contribution < -0.4 is 10.3 Å². The van der Waals surface area contributed by atoms with Crippen LogP contribution in [-0.2, 0) is 28.9 Å². The van der Waals surface area contributed by atoms with Gasteiger partial charge in [0.25, 0.3) is 5.56 Å². The maximum Gasteiger partial charge on any atom is 0.573 e. The molecule has 4 rings (SSSR count). The zero-order valence-electron chi connectivity index (χ0n) is 19.6. The number of imidazole rings is 1. The Bertz CT molecular complexity index is 1450. The number of esters is 1. The van der Waals surface area contributed by atoms with E-state index in [1.165, 1.54) is 6.07 Å². The van der Waals surface area contributed by atoms with Crippen LogP contribution >= 0.6 is 11.6 Å². The van der Waals surface area contributed by atoms with E-state index in [0.29, 0.717) is 34.6 Å². The number of allylic oxidation sites excluding steroid dienone is 3. The molecule has 3 aromatic rings. The van der Waals surface area contributed by atoms with Crippen LogP contribution in [0.2, 0.25) is 5.02 Å². The van der Waals surface area contributed by atoms with E-state index in [1.54, 1.807) is 39.0 Å². The number of carbonyl (C=O) groups excluding carboxylic acids is 1. The van der Waals surface area contributed by atoms with Crippen LogP contribution in [0, 0.1) is 0 Å². The molecule has 190 valence electrons. The summed E-state index contributed by atoms with van der Waals surface area (Å²) >= 11 is 5.93. The van der Waals surface area contributed by atoms with Gasteiger partial charge in [0.1, 0.15) is 23.7 Å². The number of benzene rings is 1. The molecule has 8 nitrogen and oxygen atoms in total. The van der Waals surface area contributed by atoms with Gasteiger partial charge in [-0.1, -0.05) is 35.9 Å². The molecule has 36 heavy (non-hydrogen) atoms. The van der Waals surface area contributed by atoms with Gasteiger partial charge in [0.2, 0.25) is 0 Å². The molecule has 0 spiro atoms. The molecule has 0 fully saturated rings. The Balaban J connectivity index is 1.72. The van der Waals surface area contributed by atoms with Gasteiger partial charge in [-0.25, -0.2) is 9.67 Å². The smallest absolute Gasteiger partial charge is 0.459 e. The number of aromatic nitrogens is 4. The van der Waals surface area contributed by atoms with Gasteiger partial charge < -0.3 is 14.5 Å². The van der Waals surface area contributed by atoms with Crippen LogP contribution in [0.25, 0.3) is 17.1 Å².